The molecule has 0 aromatic carbocycles. The fourth-order valence-corrected chi connectivity index (χ4v) is 1.47. The average Bonchev–Trinajstić information content (AvgIpc) is 2.31. The molecule has 106 valence electrons. The van der Waals surface area contributed by atoms with E-state index in [1.807, 2.05) is 0 Å². The minimum atomic E-state index is -2.80. The Morgan fingerprint density at radius 2 is 1.89 bits per heavy atom. The first-order chi connectivity index (χ1) is 8.23. The molecular formula is C10H18O8. The van der Waals surface area contributed by atoms with Gasteiger partial charge in [0.25, 0.3) is 0 Å². The van der Waals surface area contributed by atoms with E-state index in [2.05, 4.69) is 4.74 Å². The quantitative estimate of drug-likeness (QED) is 0.275. The number of esters is 1. The lowest BCUT2D eigenvalue weighted by atomic mass is 9.98. The molecule has 0 bridgehead atoms. The van der Waals surface area contributed by atoms with Gasteiger partial charge in [-0.15, -0.1) is 0 Å². The summed E-state index contributed by atoms with van der Waals surface area (Å²) < 4.78 is 9.31. The Hall–Kier alpha value is -0.770. The predicted octanol–water partition coefficient (Wildman–Crippen LogP) is -2.69. The molecule has 0 aromatic rings. The maximum Gasteiger partial charge on any atom is 0.357 e. The molecule has 1 rings (SSSR count). The van der Waals surface area contributed by atoms with E-state index in [1.54, 1.807) is 0 Å². The standard InChI is InChI=1S/C10H18O8/c1-4(2)9(15)18-10(16)8(14)7(13)6(12)5(3-11)17-10/h4-8,11-14,16H,3H2,1-2H3/t5-,6-,7+,8-,10?/m1/s1. The van der Waals surface area contributed by atoms with Gasteiger partial charge in [0.05, 0.1) is 12.5 Å². The molecule has 1 aliphatic heterocycles. The van der Waals surface area contributed by atoms with Crippen LogP contribution < -0.4 is 0 Å². The third-order valence-corrected chi connectivity index (χ3v) is 2.65. The Morgan fingerprint density at radius 1 is 1.33 bits per heavy atom. The first-order valence-electron chi connectivity index (χ1n) is 5.51. The van der Waals surface area contributed by atoms with E-state index in [-0.39, 0.29) is 0 Å². The van der Waals surface area contributed by atoms with Gasteiger partial charge in [-0.3, -0.25) is 4.79 Å². The highest BCUT2D eigenvalue weighted by Gasteiger charge is 2.55. The number of aliphatic hydroxyl groups excluding tert-OH is 4. The fraction of sp³-hybridized carbons (Fsp3) is 0.900. The summed E-state index contributed by atoms with van der Waals surface area (Å²) in [5, 5.41) is 47.3. The molecule has 1 unspecified atom stereocenters. The lowest BCUT2D eigenvalue weighted by molar-refractivity contribution is -0.434. The van der Waals surface area contributed by atoms with Crippen molar-refractivity contribution in [2.75, 3.05) is 6.61 Å². The number of carbonyl (C=O) groups excluding carboxylic acids is 1. The predicted molar refractivity (Wildman–Crippen MR) is 55.9 cm³/mol. The molecule has 1 aliphatic rings. The second-order valence-electron chi connectivity index (χ2n) is 4.47. The normalized spacial score (nSPS) is 40.9. The van der Waals surface area contributed by atoms with E-state index in [1.165, 1.54) is 13.8 Å². The average molecular weight is 266 g/mol. The molecule has 0 saturated carbocycles. The number of carbonyl (C=O) groups is 1. The van der Waals surface area contributed by atoms with Crippen molar-refractivity contribution in [1.82, 2.24) is 0 Å². The summed E-state index contributed by atoms with van der Waals surface area (Å²) in [5.41, 5.74) is 0. The Morgan fingerprint density at radius 3 is 2.33 bits per heavy atom. The van der Waals surface area contributed by atoms with Crippen LogP contribution in [0.5, 0.6) is 0 Å². The molecule has 0 amide bonds. The number of ether oxygens (including phenoxy) is 2. The highest BCUT2D eigenvalue weighted by atomic mass is 16.8. The molecule has 18 heavy (non-hydrogen) atoms. The van der Waals surface area contributed by atoms with Crippen LogP contribution in [0.4, 0.5) is 0 Å². The first-order valence-corrected chi connectivity index (χ1v) is 5.51. The smallest absolute Gasteiger partial charge is 0.357 e. The van der Waals surface area contributed by atoms with Crippen LogP contribution in [0.25, 0.3) is 0 Å². The summed E-state index contributed by atoms with van der Waals surface area (Å²) in [6.07, 6.45) is -6.85. The van der Waals surface area contributed by atoms with Crippen LogP contribution in [-0.4, -0.2) is 68.5 Å². The third-order valence-electron chi connectivity index (χ3n) is 2.65. The van der Waals surface area contributed by atoms with E-state index in [4.69, 9.17) is 9.84 Å². The van der Waals surface area contributed by atoms with Gasteiger partial charge in [-0.05, 0) is 0 Å². The summed E-state index contributed by atoms with van der Waals surface area (Å²) in [4.78, 5) is 11.4. The van der Waals surface area contributed by atoms with Crippen molar-refractivity contribution in [3.05, 3.63) is 0 Å². The van der Waals surface area contributed by atoms with E-state index in [0.29, 0.717) is 0 Å². The molecule has 8 heteroatoms. The van der Waals surface area contributed by atoms with Gasteiger partial charge in [0.15, 0.2) is 6.10 Å². The molecule has 0 radical (unpaired) electrons. The van der Waals surface area contributed by atoms with Gasteiger partial charge in [0.2, 0.25) is 0 Å². The van der Waals surface area contributed by atoms with Gasteiger partial charge in [-0.25, -0.2) is 0 Å². The molecule has 1 saturated heterocycles. The summed E-state index contributed by atoms with van der Waals surface area (Å²) in [6.45, 7) is 2.26. The van der Waals surface area contributed by atoms with Crippen molar-refractivity contribution >= 4 is 5.97 Å². The molecular weight excluding hydrogens is 248 g/mol. The summed E-state index contributed by atoms with van der Waals surface area (Å²) in [6, 6.07) is 0. The molecule has 5 atom stereocenters. The highest BCUT2D eigenvalue weighted by Crippen LogP contribution is 2.29. The second kappa shape index (κ2) is 5.47. The van der Waals surface area contributed by atoms with Gasteiger partial charge in [-0.1, -0.05) is 13.8 Å². The Bertz CT molecular complexity index is 304. The van der Waals surface area contributed by atoms with Crippen molar-refractivity contribution in [3.8, 4) is 0 Å². The van der Waals surface area contributed by atoms with Crippen molar-refractivity contribution in [2.24, 2.45) is 5.92 Å². The summed E-state index contributed by atoms with van der Waals surface area (Å²) in [5.74, 6) is -4.26. The van der Waals surface area contributed by atoms with Crippen molar-refractivity contribution in [2.45, 2.75) is 44.2 Å². The maximum atomic E-state index is 11.4. The zero-order valence-corrected chi connectivity index (χ0v) is 10.1. The van der Waals surface area contributed by atoms with E-state index < -0.39 is 48.9 Å². The Balaban J connectivity index is 2.88. The SMILES string of the molecule is CC(C)C(=O)OC1(O)O[C@H](CO)[C@@H](O)[C@H](O)[C@H]1O. The molecule has 5 N–H and O–H groups in total. The van der Waals surface area contributed by atoms with Crippen LogP contribution in [0.15, 0.2) is 0 Å². The number of aliphatic hydroxyl groups is 5. The zero-order valence-electron chi connectivity index (χ0n) is 10.1. The number of hydrogen-bond donors (Lipinski definition) is 5. The molecule has 0 aliphatic carbocycles. The Labute approximate surface area is 103 Å². The molecule has 1 heterocycles. The van der Waals surface area contributed by atoms with Crippen LogP contribution in [0.3, 0.4) is 0 Å². The van der Waals surface area contributed by atoms with Gasteiger partial charge in [0.1, 0.15) is 18.3 Å². The summed E-state index contributed by atoms with van der Waals surface area (Å²) >= 11 is 0. The first kappa shape index (κ1) is 15.3. The van der Waals surface area contributed by atoms with Crippen molar-refractivity contribution in [1.29, 1.82) is 0 Å². The monoisotopic (exact) mass is 266 g/mol. The molecule has 8 nitrogen and oxygen atoms in total. The minimum Gasteiger partial charge on any atom is -0.405 e. The fourth-order valence-electron chi connectivity index (χ4n) is 1.47. The van der Waals surface area contributed by atoms with Crippen LogP contribution in [0, 0.1) is 5.92 Å². The zero-order chi connectivity index (χ0) is 14.1. The topological polar surface area (TPSA) is 137 Å². The summed E-state index contributed by atoms with van der Waals surface area (Å²) in [7, 11) is 0. The van der Waals surface area contributed by atoms with Gasteiger partial charge in [0, 0.05) is 0 Å². The highest BCUT2D eigenvalue weighted by molar-refractivity contribution is 5.71. The number of hydrogen-bond acceptors (Lipinski definition) is 8. The van der Waals surface area contributed by atoms with Crippen LogP contribution in [0.2, 0.25) is 0 Å². The molecule has 0 spiro atoms. The van der Waals surface area contributed by atoms with E-state index in [9.17, 15) is 25.2 Å². The van der Waals surface area contributed by atoms with Crippen LogP contribution >= 0.6 is 0 Å². The maximum absolute atomic E-state index is 11.4. The van der Waals surface area contributed by atoms with Crippen molar-refractivity contribution in [3.63, 3.8) is 0 Å². The third kappa shape index (κ3) is 2.79. The number of rotatable bonds is 3. The van der Waals surface area contributed by atoms with Crippen LogP contribution in [-0.2, 0) is 14.3 Å². The Kier molecular flexibility index (Phi) is 4.65. The second-order valence-corrected chi connectivity index (χ2v) is 4.47. The lowest BCUT2D eigenvalue weighted by Gasteiger charge is -2.43. The minimum absolute atomic E-state index is 0.596. The van der Waals surface area contributed by atoms with Gasteiger partial charge < -0.3 is 35.0 Å². The van der Waals surface area contributed by atoms with Crippen LogP contribution in [0.1, 0.15) is 13.8 Å². The van der Waals surface area contributed by atoms with Crippen molar-refractivity contribution < 1.29 is 39.8 Å². The largest absolute Gasteiger partial charge is 0.405 e. The molecule has 1 fully saturated rings. The van der Waals surface area contributed by atoms with E-state index >= 15 is 0 Å². The van der Waals surface area contributed by atoms with Gasteiger partial charge in [-0.2, -0.15) is 0 Å². The lowest BCUT2D eigenvalue weighted by Crippen LogP contribution is -2.66. The van der Waals surface area contributed by atoms with E-state index in [0.717, 1.165) is 0 Å². The molecule has 0 aromatic heterocycles. The van der Waals surface area contributed by atoms with Gasteiger partial charge >= 0.3 is 11.9 Å².